The zero-order valence-electron chi connectivity index (χ0n) is 3.42. The monoisotopic (exact) mass is 168 g/mol. The number of aliphatic carboxylic acids is 2. The second-order valence-corrected chi connectivity index (χ2v) is 0.964. The summed E-state index contributed by atoms with van der Waals surface area (Å²) in [5, 5.41) is 15.4. The van der Waals surface area contributed by atoms with Gasteiger partial charge in [-0.1, -0.05) is 0 Å². The van der Waals surface area contributed by atoms with Gasteiger partial charge in [0.1, 0.15) is 6.42 Å². The quantitative estimate of drug-likeness (QED) is 0.378. The molecule has 0 aliphatic rings. The van der Waals surface area contributed by atoms with Gasteiger partial charge >= 0.3 is 92.9 Å². The van der Waals surface area contributed by atoms with Crippen LogP contribution in [0.1, 0.15) is 6.42 Å². The van der Waals surface area contributed by atoms with Crippen LogP contribution in [-0.4, -0.2) is 103 Å². The fourth-order valence-electron chi connectivity index (χ4n) is 0.129. The van der Waals surface area contributed by atoms with Crippen LogP contribution >= 0.6 is 0 Å². The van der Waals surface area contributed by atoms with Gasteiger partial charge in [-0.05, 0) is 0 Å². The molecule has 2 N–H and O–H groups in total. The summed E-state index contributed by atoms with van der Waals surface area (Å²) in [6, 6.07) is 0. The summed E-state index contributed by atoms with van der Waals surface area (Å²) in [6.45, 7) is 0. The molecule has 0 rings (SSSR count). The van der Waals surface area contributed by atoms with E-state index in [-0.39, 0.29) is 80.9 Å². The molecule has 0 spiro atoms. The molecule has 0 unspecified atom stereocenters. The molecule has 0 aromatic rings. The minimum absolute atomic E-state index is 0. The second kappa shape index (κ2) is 9.58. The van der Waals surface area contributed by atoms with E-state index in [0.29, 0.717) is 0 Å². The second-order valence-electron chi connectivity index (χ2n) is 0.964. The van der Waals surface area contributed by atoms with Gasteiger partial charge < -0.3 is 10.2 Å². The molecule has 6 heteroatoms. The third-order valence-corrected chi connectivity index (χ3v) is 0.302. The van der Waals surface area contributed by atoms with E-state index in [4.69, 9.17) is 10.2 Å². The summed E-state index contributed by atoms with van der Waals surface area (Å²) < 4.78 is 0. The molecule has 0 fully saturated rings. The van der Waals surface area contributed by atoms with Crippen LogP contribution in [0.5, 0.6) is 0 Å². The van der Waals surface area contributed by atoms with Crippen LogP contribution in [0.4, 0.5) is 0 Å². The molecular formula is C3H6KNaO4. The predicted octanol–water partition coefficient (Wildman–Crippen LogP) is -1.75. The summed E-state index contributed by atoms with van der Waals surface area (Å²) in [5.74, 6) is -2.62. The Morgan fingerprint density at radius 1 is 1.11 bits per heavy atom. The third kappa shape index (κ3) is 17.7. The van der Waals surface area contributed by atoms with Crippen LogP contribution in [0, 0.1) is 0 Å². The van der Waals surface area contributed by atoms with Crippen molar-refractivity contribution in [1.82, 2.24) is 0 Å². The van der Waals surface area contributed by atoms with E-state index >= 15 is 0 Å². The van der Waals surface area contributed by atoms with E-state index in [1.165, 1.54) is 0 Å². The third-order valence-electron chi connectivity index (χ3n) is 0.302. The van der Waals surface area contributed by atoms with E-state index in [1.807, 2.05) is 0 Å². The first-order chi connectivity index (χ1) is 3.13. The normalized spacial score (nSPS) is 6.22. The van der Waals surface area contributed by atoms with Gasteiger partial charge in [0.2, 0.25) is 0 Å². The molecule has 0 bridgehead atoms. The molecule has 4 nitrogen and oxygen atoms in total. The summed E-state index contributed by atoms with van der Waals surface area (Å²) in [5.41, 5.74) is 0. The number of carboxylic acid groups (broad SMARTS) is 2. The van der Waals surface area contributed by atoms with Crippen molar-refractivity contribution in [3.8, 4) is 0 Å². The first kappa shape index (κ1) is 16.9. The summed E-state index contributed by atoms with van der Waals surface area (Å²) in [6.07, 6.45) is -0.806. The van der Waals surface area contributed by atoms with E-state index < -0.39 is 18.4 Å². The van der Waals surface area contributed by atoms with Gasteiger partial charge in [-0.15, -0.1) is 0 Å². The van der Waals surface area contributed by atoms with Crippen molar-refractivity contribution in [2.45, 2.75) is 6.42 Å². The first-order valence-electron chi connectivity index (χ1n) is 1.56. The molecule has 9 heavy (non-hydrogen) atoms. The zero-order valence-corrected chi connectivity index (χ0v) is 3.42. The van der Waals surface area contributed by atoms with Crippen LogP contribution < -0.4 is 0 Å². The minimum atomic E-state index is -1.31. The number of hydrogen-bond acceptors (Lipinski definition) is 2. The Bertz CT molecular complexity index is 92.0. The average molecular weight is 168 g/mol. The predicted molar refractivity (Wildman–Crippen MR) is 34.2 cm³/mol. The topological polar surface area (TPSA) is 74.6 Å². The molecule has 0 amide bonds. The summed E-state index contributed by atoms with van der Waals surface area (Å²) in [7, 11) is 0. The fourth-order valence-corrected chi connectivity index (χ4v) is 0.129. The van der Waals surface area contributed by atoms with Crippen molar-refractivity contribution < 1.29 is 19.8 Å². The van der Waals surface area contributed by atoms with E-state index in [1.54, 1.807) is 0 Å². The number of carboxylic acids is 2. The molecule has 0 atom stereocenters. The SMILES string of the molecule is O=C(O)CC(=O)O.[KH].[NaH]. The van der Waals surface area contributed by atoms with Crippen molar-refractivity contribution in [1.29, 1.82) is 0 Å². The van der Waals surface area contributed by atoms with Crippen LogP contribution in [0.15, 0.2) is 0 Å². The average Bonchev–Trinajstić information content (AvgIpc) is 1.27. The number of rotatable bonds is 2. The Morgan fingerprint density at radius 2 is 1.33 bits per heavy atom. The van der Waals surface area contributed by atoms with E-state index in [0.717, 1.165) is 0 Å². The molecule has 0 aliphatic carbocycles. The van der Waals surface area contributed by atoms with Crippen LogP contribution in [0.2, 0.25) is 0 Å². The van der Waals surface area contributed by atoms with Gasteiger partial charge in [0.25, 0.3) is 0 Å². The number of carbonyl (C=O) groups is 2. The van der Waals surface area contributed by atoms with Crippen molar-refractivity contribution in [3.05, 3.63) is 0 Å². The van der Waals surface area contributed by atoms with Crippen LogP contribution in [0.25, 0.3) is 0 Å². The van der Waals surface area contributed by atoms with Gasteiger partial charge in [-0.25, -0.2) is 0 Å². The van der Waals surface area contributed by atoms with Gasteiger partial charge in [-0.3, -0.25) is 9.59 Å². The molecule has 0 aliphatic heterocycles. The maximum absolute atomic E-state index is 9.43. The van der Waals surface area contributed by atoms with Crippen molar-refractivity contribution in [2.24, 2.45) is 0 Å². The Kier molecular flexibility index (Phi) is 18.0. The first-order valence-corrected chi connectivity index (χ1v) is 1.56. The van der Waals surface area contributed by atoms with Crippen molar-refractivity contribution in [3.63, 3.8) is 0 Å². The maximum atomic E-state index is 9.43. The molecule has 44 valence electrons. The van der Waals surface area contributed by atoms with Gasteiger partial charge in [-0.2, -0.15) is 0 Å². The molecule has 0 aromatic carbocycles. The van der Waals surface area contributed by atoms with Gasteiger partial charge in [0.15, 0.2) is 0 Å². The standard InChI is InChI=1S/C3H4O4.K.Na.2H/c4-2(5)1-3(6)7;;;;/h1H2,(H,4,5)(H,6,7);;;;. The Hall–Kier alpha value is 1.58. The van der Waals surface area contributed by atoms with Gasteiger partial charge in [0, 0.05) is 0 Å². The molecule has 0 saturated carbocycles. The Balaban J connectivity index is -0.000000180. The molecule has 0 heterocycles. The van der Waals surface area contributed by atoms with E-state index in [9.17, 15) is 9.59 Å². The molecule has 0 radical (unpaired) electrons. The van der Waals surface area contributed by atoms with Gasteiger partial charge in [0.05, 0.1) is 0 Å². The van der Waals surface area contributed by atoms with E-state index in [2.05, 4.69) is 0 Å². The van der Waals surface area contributed by atoms with Crippen LogP contribution in [0.3, 0.4) is 0 Å². The molecule has 0 aromatic heterocycles. The molecular weight excluding hydrogens is 162 g/mol. The Labute approximate surface area is 117 Å². The summed E-state index contributed by atoms with van der Waals surface area (Å²) in [4.78, 5) is 18.9. The summed E-state index contributed by atoms with van der Waals surface area (Å²) >= 11 is 0. The zero-order chi connectivity index (χ0) is 5.86. The Morgan fingerprint density at radius 3 is 1.33 bits per heavy atom. The van der Waals surface area contributed by atoms with Crippen LogP contribution in [-0.2, 0) is 9.59 Å². The van der Waals surface area contributed by atoms with Crippen molar-refractivity contribution >= 4 is 92.9 Å². The fraction of sp³-hybridized carbons (Fsp3) is 0.333. The number of hydrogen-bond donors (Lipinski definition) is 2. The van der Waals surface area contributed by atoms with Crippen molar-refractivity contribution in [2.75, 3.05) is 0 Å². The molecule has 0 saturated heterocycles.